The Morgan fingerprint density at radius 1 is 1.47 bits per heavy atom. The minimum absolute atomic E-state index is 0.380. The molecule has 2 atom stereocenters. The van der Waals surface area contributed by atoms with E-state index in [2.05, 4.69) is 30.8 Å². The smallest absolute Gasteiger partial charge is 0.0229 e. The molecule has 0 aromatic rings. The lowest BCUT2D eigenvalue weighted by Crippen LogP contribution is -2.38. The molecule has 0 aliphatic carbocycles. The topological polar surface area (TPSA) is 32.5 Å². The number of nitrogens with zero attached hydrogens (tertiary/aromatic N) is 2. The number of rotatable bonds is 6. The van der Waals surface area contributed by atoms with E-state index in [1.165, 1.54) is 38.8 Å². The van der Waals surface area contributed by atoms with Crippen LogP contribution in [0, 0.1) is 0 Å². The number of likely N-dealkylation sites (tertiary alicyclic amines) is 1. The zero-order chi connectivity index (χ0) is 11.3. The van der Waals surface area contributed by atoms with Crippen LogP contribution in [0.2, 0.25) is 0 Å². The van der Waals surface area contributed by atoms with Crippen LogP contribution < -0.4 is 5.73 Å². The minimum atomic E-state index is 0.380. The Hall–Kier alpha value is -0.120. The van der Waals surface area contributed by atoms with E-state index >= 15 is 0 Å². The lowest BCUT2D eigenvalue weighted by molar-refractivity contribution is 0.256. The average Bonchev–Trinajstić information content (AvgIpc) is 2.63. The highest BCUT2D eigenvalue weighted by Crippen LogP contribution is 2.13. The first kappa shape index (κ1) is 12.9. The molecule has 1 fully saturated rings. The third kappa shape index (κ3) is 4.49. The van der Waals surface area contributed by atoms with E-state index in [0.29, 0.717) is 6.04 Å². The van der Waals surface area contributed by atoms with Crippen LogP contribution in [0.25, 0.3) is 0 Å². The summed E-state index contributed by atoms with van der Waals surface area (Å²) in [4.78, 5) is 4.85. The number of likely N-dealkylation sites (N-methyl/N-ethyl adjacent to an activating group) is 1. The number of nitrogens with two attached hydrogens (primary N) is 1. The molecule has 0 amide bonds. The normalized spacial score (nSPS) is 25.0. The summed E-state index contributed by atoms with van der Waals surface area (Å²) in [6.07, 6.45) is 5.01. The van der Waals surface area contributed by atoms with Crippen LogP contribution in [-0.4, -0.2) is 55.6 Å². The van der Waals surface area contributed by atoms with Crippen molar-refractivity contribution < 1.29 is 0 Å². The highest BCUT2D eigenvalue weighted by atomic mass is 15.2. The first-order valence-electron chi connectivity index (χ1n) is 6.27. The summed E-state index contributed by atoms with van der Waals surface area (Å²) < 4.78 is 0. The van der Waals surface area contributed by atoms with Gasteiger partial charge in [-0.15, -0.1) is 0 Å². The van der Waals surface area contributed by atoms with Crippen molar-refractivity contribution in [2.45, 2.75) is 44.7 Å². The largest absolute Gasteiger partial charge is 0.327 e. The van der Waals surface area contributed by atoms with Crippen molar-refractivity contribution in [2.75, 3.05) is 33.7 Å². The molecule has 1 aliphatic rings. The quantitative estimate of drug-likeness (QED) is 0.718. The van der Waals surface area contributed by atoms with Gasteiger partial charge in [0.15, 0.2) is 0 Å². The summed E-state index contributed by atoms with van der Waals surface area (Å²) >= 11 is 0. The highest BCUT2D eigenvalue weighted by Gasteiger charge is 2.24. The molecule has 90 valence electrons. The van der Waals surface area contributed by atoms with Crippen LogP contribution in [0.4, 0.5) is 0 Å². The Morgan fingerprint density at radius 3 is 2.73 bits per heavy atom. The highest BCUT2D eigenvalue weighted by molar-refractivity contribution is 4.82. The molecule has 0 aromatic heterocycles. The minimum Gasteiger partial charge on any atom is -0.327 e. The molecule has 3 nitrogen and oxygen atoms in total. The van der Waals surface area contributed by atoms with Gasteiger partial charge in [0.1, 0.15) is 0 Å². The van der Waals surface area contributed by atoms with Crippen molar-refractivity contribution in [2.24, 2.45) is 5.73 Å². The first-order chi connectivity index (χ1) is 7.13. The fourth-order valence-corrected chi connectivity index (χ4v) is 2.29. The monoisotopic (exact) mass is 213 g/mol. The Labute approximate surface area is 94.6 Å². The zero-order valence-electron chi connectivity index (χ0n) is 10.6. The SMILES string of the molecule is CCCCC(N)CN1CCC(N(C)C)C1. The van der Waals surface area contributed by atoms with Gasteiger partial charge in [-0.05, 0) is 33.5 Å². The Kier molecular flexibility index (Phi) is 5.58. The van der Waals surface area contributed by atoms with Gasteiger partial charge in [0.2, 0.25) is 0 Å². The summed E-state index contributed by atoms with van der Waals surface area (Å²) in [6, 6.07) is 1.12. The molecule has 2 unspecified atom stereocenters. The maximum absolute atomic E-state index is 6.11. The van der Waals surface area contributed by atoms with E-state index in [-0.39, 0.29) is 0 Å². The fourth-order valence-electron chi connectivity index (χ4n) is 2.29. The summed E-state index contributed by atoms with van der Waals surface area (Å²) in [7, 11) is 4.34. The standard InChI is InChI=1S/C12H27N3/c1-4-5-6-11(13)9-15-8-7-12(10-15)14(2)3/h11-12H,4-10,13H2,1-3H3. The van der Waals surface area contributed by atoms with Crippen molar-refractivity contribution >= 4 is 0 Å². The molecule has 1 rings (SSSR count). The Bertz CT molecular complexity index is 170. The van der Waals surface area contributed by atoms with E-state index < -0.39 is 0 Å². The summed E-state index contributed by atoms with van der Waals surface area (Å²) in [5.74, 6) is 0. The second-order valence-corrected chi connectivity index (χ2v) is 5.07. The van der Waals surface area contributed by atoms with Crippen LogP contribution in [0.15, 0.2) is 0 Å². The molecule has 1 saturated heterocycles. The van der Waals surface area contributed by atoms with Crippen LogP contribution in [0.3, 0.4) is 0 Å². The Balaban J connectivity index is 2.17. The zero-order valence-corrected chi connectivity index (χ0v) is 10.6. The van der Waals surface area contributed by atoms with E-state index in [1.807, 2.05) is 0 Å². The van der Waals surface area contributed by atoms with E-state index in [1.54, 1.807) is 0 Å². The second-order valence-electron chi connectivity index (χ2n) is 5.07. The van der Waals surface area contributed by atoms with Crippen molar-refractivity contribution in [3.8, 4) is 0 Å². The number of unbranched alkanes of at least 4 members (excludes halogenated alkanes) is 1. The predicted molar refractivity (Wildman–Crippen MR) is 66.0 cm³/mol. The summed E-state index contributed by atoms with van der Waals surface area (Å²) in [5, 5.41) is 0. The van der Waals surface area contributed by atoms with Gasteiger partial charge in [-0.2, -0.15) is 0 Å². The van der Waals surface area contributed by atoms with Gasteiger partial charge < -0.3 is 15.5 Å². The van der Waals surface area contributed by atoms with Crippen LogP contribution >= 0.6 is 0 Å². The number of hydrogen-bond donors (Lipinski definition) is 1. The van der Waals surface area contributed by atoms with Crippen LogP contribution in [-0.2, 0) is 0 Å². The van der Waals surface area contributed by atoms with Crippen molar-refractivity contribution in [3.63, 3.8) is 0 Å². The van der Waals surface area contributed by atoms with Crippen molar-refractivity contribution in [1.29, 1.82) is 0 Å². The molecule has 0 bridgehead atoms. The molecular formula is C12H27N3. The number of hydrogen-bond acceptors (Lipinski definition) is 3. The molecule has 1 aliphatic heterocycles. The van der Waals surface area contributed by atoms with E-state index in [0.717, 1.165) is 12.6 Å². The summed E-state index contributed by atoms with van der Waals surface area (Å²) in [5.41, 5.74) is 6.11. The van der Waals surface area contributed by atoms with Gasteiger partial charge in [-0.1, -0.05) is 19.8 Å². The molecule has 0 aromatic carbocycles. The molecular weight excluding hydrogens is 186 g/mol. The van der Waals surface area contributed by atoms with E-state index in [9.17, 15) is 0 Å². The Morgan fingerprint density at radius 2 is 2.20 bits per heavy atom. The van der Waals surface area contributed by atoms with Gasteiger partial charge in [-0.25, -0.2) is 0 Å². The first-order valence-corrected chi connectivity index (χ1v) is 6.27. The van der Waals surface area contributed by atoms with Gasteiger partial charge in [0.05, 0.1) is 0 Å². The average molecular weight is 213 g/mol. The molecule has 0 spiro atoms. The van der Waals surface area contributed by atoms with Gasteiger partial charge in [0.25, 0.3) is 0 Å². The molecule has 3 heteroatoms. The van der Waals surface area contributed by atoms with Crippen molar-refractivity contribution in [1.82, 2.24) is 9.80 Å². The molecule has 2 N–H and O–H groups in total. The van der Waals surface area contributed by atoms with Gasteiger partial charge in [0, 0.05) is 25.2 Å². The molecule has 0 radical (unpaired) electrons. The van der Waals surface area contributed by atoms with E-state index in [4.69, 9.17) is 5.73 Å². The predicted octanol–water partition coefficient (Wildman–Crippen LogP) is 1.14. The third-order valence-corrected chi connectivity index (χ3v) is 3.40. The van der Waals surface area contributed by atoms with Gasteiger partial charge >= 0.3 is 0 Å². The summed E-state index contributed by atoms with van der Waals surface area (Å²) in [6.45, 7) is 5.74. The molecule has 15 heavy (non-hydrogen) atoms. The van der Waals surface area contributed by atoms with Crippen molar-refractivity contribution in [3.05, 3.63) is 0 Å². The fraction of sp³-hybridized carbons (Fsp3) is 1.00. The van der Waals surface area contributed by atoms with Crippen LogP contribution in [0.1, 0.15) is 32.6 Å². The van der Waals surface area contributed by atoms with Gasteiger partial charge in [-0.3, -0.25) is 0 Å². The second kappa shape index (κ2) is 6.46. The molecule has 1 heterocycles. The lowest BCUT2D eigenvalue weighted by atomic mass is 10.1. The maximum atomic E-state index is 6.11. The lowest BCUT2D eigenvalue weighted by Gasteiger charge is -2.22. The molecule has 0 saturated carbocycles. The maximum Gasteiger partial charge on any atom is 0.0229 e. The van der Waals surface area contributed by atoms with Crippen LogP contribution in [0.5, 0.6) is 0 Å². The third-order valence-electron chi connectivity index (χ3n) is 3.40.